The fraction of sp³-hybridized carbons (Fsp3) is 0.125. The monoisotopic (exact) mass is 355 g/mol. The Labute approximate surface area is 159 Å². The first-order valence-electron chi connectivity index (χ1n) is 9.16. The van der Waals surface area contributed by atoms with E-state index in [0.717, 1.165) is 28.9 Å². The van der Waals surface area contributed by atoms with Gasteiger partial charge in [-0.05, 0) is 46.7 Å². The summed E-state index contributed by atoms with van der Waals surface area (Å²) in [5.74, 6) is 0.862. The lowest BCUT2D eigenvalue weighted by Gasteiger charge is -2.06. The fourth-order valence-electron chi connectivity index (χ4n) is 3.46. The second-order valence-electron chi connectivity index (χ2n) is 6.56. The van der Waals surface area contributed by atoms with Gasteiger partial charge in [0.2, 0.25) is 11.2 Å². The molecule has 4 rings (SSSR count). The minimum absolute atomic E-state index is 0.590. The number of hydrogen-bond donors (Lipinski definition) is 1. The molecule has 0 spiro atoms. The second kappa shape index (κ2) is 7.60. The lowest BCUT2D eigenvalue weighted by molar-refractivity contribution is -0.670. The number of methoxy groups -OCH3 is 1. The highest BCUT2D eigenvalue weighted by Gasteiger charge is 2.13. The summed E-state index contributed by atoms with van der Waals surface area (Å²) in [7, 11) is 1.69. The average molecular weight is 355 g/mol. The van der Waals surface area contributed by atoms with Gasteiger partial charge in [0.25, 0.3) is 0 Å². The van der Waals surface area contributed by atoms with Crippen molar-refractivity contribution in [1.82, 2.24) is 0 Å². The topological polar surface area (TPSA) is 39.1 Å². The predicted molar refractivity (Wildman–Crippen MR) is 113 cm³/mol. The largest absolute Gasteiger partial charge is 0.497 e. The zero-order chi connectivity index (χ0) is 18.6. The summed E-state index contributed by atoms with van der Waals surface area (Å²) in [5.41, 5.74) is 9.34. The van der Waals surface area contributed by atoms with Crippen molar-refractivity contribution in [3.8, 4) is 5.75 Å². The Hall–Kier alpha value is -3.17. The third-order valence-corrected chi connectivity index (χ3v) is 4.84. The SMILES string of the molecule is COc1ccc2c(ccc(/C=C/c3ccc4ccccc4c3)[n+]2CCN)c1. The van der Waals surface area contributed by atoms with Gasteiger partial charge in [-0.3, -0.25) is 0 Å². The second-order valence-corrected chi connectivity index (χ2v) is 6.56. The van der Waals surface area contributed by atoms with Crippen molar-refractivity contribution in [3.05, 3.63) is 84.1 Å². The molecule has 0 fully saturated rings. The van der Waals surface area contributed by atoms with Crippen LogP contribution in [0.5, 0.6) is 5.75 Å². The Kier molecular flexibility index (Phi) is 4.86. The molecule has 3 heteroatoms. The molecular formula is C24H23N2O+. The highest BCUT2D eigenvalue weighted by molar-refractivity contribution is 5.86. The van der Waals surface area contributed by atoms with Crippen molar-refractivity contribution in [2.75, 3.05) is 13.7 Å². The number of hydrogen-bond acceptors (Lipinski definition) is 2. The molecule has 0 atom stereocenters. The zero-order valence-electron chi connectivity index (χ0n) is 15.4. The summed E-state index contributed by atoms with van der Waals surface area (Å²) in [4.78, 5) is 0. The van der Waals surface area contributed by atoms with Gasteiger partial charge in [-0.1, -0.05) is 36.4 Å². The van der Waals surface area contributed by atoms with Crippen LogP contribution in [0.4, 0.5) is 0 Å². The quantitative estimate of drug-likeness (QED) is 0.538. The number of pyridine rings is 1. The Morgan fingerprint density at radius 3 is 2.48 bits per heavy atom. The molecular weight excluding hydrogens is 332 g/mol. The average Bonchev–Trinajstić information content (AvgIpc) is 2.72. The number of aromatic nitrogens is 1. The normalized spacial score (nSPS) is 11.5. The summed E-state index contributed by atoms with van der Waals surface area (Å²) in [6, 6.07) is 25.3. The van der Waals surface area contributed by atoms with Gasteiger partial charge < -0.3 is 10.5 Å². The van der Waals surface area contributed by atoms with Crippen LogP contribution in [0.15, 0.2) is 72.8 Å². The molecule has 2 N–H and O–H groups in total. The van der Waals surface area contributed by atoms with Gasteiger partial charge >= 0.3 is 0 Å². The molecule has 0 unspecified atom stereocenters. The van der Waals surface area contributed by atoms with Gasteiger partial charge in [-0.25, -0.2) is 0 Å². The zero-order valence-corrected chi connectivity index (χ0v) is 15.4. The molecule has 1 aromatic heterocycles. The molecule has 0 radical (unpaired) electrons. The lowest BCUT2D eigenvalue weighted by atomic mass is 10.1. The van der Waals surface area contributed by atoms with Crippen molar-refractivity contribution in [2.24, 2.45) is 5.73 Å². The summed E-state index contributed by atoms with van der Waals surface area (Å²) in [6.07, 6.45) is 4.31. The predicted octanol–water partition coefficient (Wildman–Crippen LogP) is 4.42. The smallest absolute Gasteiger partial charge is 0.213 e. The van der Waals surface area contributed by atoms with E-state index >= 15 is 0 Å². The number of ether oxygens (including phenoxy) is 1. The standard InChI is InChI=1S/C24H23N2O/c1-27-23-12-13-24-21(17-23)9-11-22(26(24)15-14-25)10-7-18-6-8-19-4-2-3-5-20(19)16-18/h2-13,16-17H,14-15,25H2,1H3/q+1/b10-7+. The molecule has 0 saturated heterocycles. The number of nitrogens with zero attached hydrogens (tertiary/aromatic N) is 1. The first kappa shape index (κ1) is 17.3. The van der Waals surface area contributed by atoms with Crippen molar-refractivity contribution < 1.29 is 9.30 Å². The van der Waals surface area contributed by atoms with Crippen molar-refractivity contribution in [1.29, 1.82) is 0 Å². The Bertz CT molecular complexity index is 1130. The minimum atomic E-state index is 0.590. The Morgan fingerprint density at radius 1 is 0.852 bits per heavy atom. The maximum Gasteiger partial charge on any atom is 0.213 e. The molecule has 0 aliphatic heterocycles. The van der Waals surface area contributed by atoms with Crippen LogP contribution in [0, 0.1) is 0 Å². The summed E-state index contributed by atoms with van der Waals surface area (Å²) >= 11 is 0. The van der Waals surface area contributed by atoms with Crippen LogP contribution in [0.3, 0.4) is 0 Å². The van der Waals surface area contributed by atoms with E-state index in [1.165, 1.54) is 16.3 Å². The highest BCUT2D eigenvalue weighted by Crippen LogP contribution is 2.20. The van der Waals surface area contributed by atoms with Gasteiger partial charge in [-0.2, -0.15) is 4.57 Å². The van der Waals surface area contributed by atoms with Crippen molar-refractivity contribution >= 4 is 33.8 Å². The van der Waals surface area contributed by atoms with E-state index in [0.29, 0.717) is 6.54 Å². The maximum absolute atomic E-state index is 5.88. The number of rotatable bonds is 5. The molecule has 0 bridgehead atoms. The number of nitrogens with two attached hydrogens (primary N) is 1. The third-order valence-electron chi connectivity index (χ3n) is 4.84. The van der Waals surface area contributed by atoms with E-state index in [9.17, 15) is 0 Å². The van der Waals surface area contributed by atoms with Gasteiger partial charge in [0.1, 0.15) is 5.75 Å². The van der Waals surface area contributed by atoms with Crippen LogP contribution in [-0.2, 0) is 6.54 Å². The third kappa shape index (κ3) is 3.55. The maximum atomic E-state index is 5.88. The minimum Gasteiger partial charge on any atom is -0.497 e. The molecule has 0 amide bonds. The molecule has 134 valence electrons. The molecule has 3 nitrogen and oxygen atoms in total. The van der Waals surface area contributed by atoms with Crippen molar-refractivity contribution in [3.63, 3.8) is 0 Å². The summed E-state index contributed by atoms with van der Waals surface area (Å²) in [6.45, 7) is 1.35. The molecule has 4 aromatic rings. The van der Waals surface area contributed by atoms with Crippen LogP contribution < -0.4 is 15.0 Å². The summed E-state index contributed by atoms with van der Waals surface area (Å²) in [5, 5.41) is 3.65. The van der Waals surface area contributed by atoms with Gasteiger partial charge in [0.05, 0.1) is 19.0 Å². The first-order valence-corrected chi connectivity index (χ1v) is 9.16. The van der Waals surface area contributed by atoms with Crippen molar-refractivity contribution in [2.45, 2.75) is 6.54 Å². The molecule has 0 saturated carbocycles. The van der Waals surface area contributed by atoms with Gasteiger partial charge in [-0.15, -0.1) is 0 Å². The first-order chi connectivity index (χ1) is 13.3. The Morgan fingerprint density at radius 2 is 1.67 bits per heavy atom. The Balaban J connectivity index is 1.75. The van der Waals surface area contributed by atoms with Crippen LogP contribution in [0.2, 0.25) is 0 Å². The van der Waals surface area contributed by atoms with E-state index in [1.54, 1.807) is 7.11 Å². The van der Waals surface area contributed by atoms with E-state index in [2.05, 4.69) is 83.4 Å². The van der Waals surface area contributed by atoms with Crippen LogP contribution >= 0.6 is 0 Å². The van der Waals surface area contributed by atoms with Gasteiger partial charge in [0.15, 0.2) is 6.54 Å². The number of fused-ring (bicyclic) bond motifs is 2. The van der Waals surface area contributed by atoms with Gasteiger partial charge in [0, 0.05) is 18.2 Å². The summed E-state index contributed by atoms with van der Waals surface area (Å²) < 4.78 is 7.60. The van der Waals surface area contributed by atoms with E-state index in [-0.39, 0.29) is 0 Å². The molecule has 3 aromatic carbocycles. The lowest BCUT2D eigenvalue weighted by Crippen LogP contribution is -2.41. The fourth-order valence-corrected chi connectivity index (χ4v) is 3.46. The van der Waals surface area contributed by atoms with Crippen LogP contribution in [0.1, 0.15) is 11.3 Å². The number of benzene rings is 3. The molecule has 0 aliphatic rings. The van der Waals surface area contributed by atoms with Crippen LogP contribution in [0.25, 0.3) is 33.8 Å². The van der Waals surface area contributed by atoms with E-state index < -0.39 is 0 Å². The van der Waals surface area contributed by atoms with Crippen LogP contribution in [-0.4, -0.2) is 13.7 Å². The van der Waals surface area contributed by atoms with E-state index in [1.807, 2.05) is 6.07 Å². The molecule has 27 heavy (non-hydrogen) atoms. The molecule has 1 heterocycles. The highest BCUT2D eigenvalue weighted by atomic mass is 16.5. The molecule has 0 aliphatic carbocycles. The van der Waals surface area contributed by atoms with E-state index in [4.69, 9.17) is 10.5 Å².